The van der Waals surface area contributed by atoms with Crippen molar-refractivity contribution in [2.75, 3.05) is 38.0 Å². The Morgan fingerprint density at radius 3 is 3.03 bits per heavy atom. The molecule has 7 nitrogen and oxygen atoms in total. The number of halogens is 2. The molecule has 0 aliphatic carbocycles. The van der Waals surface area contributed by atoms with Gasteiger partial charge in [-0.2, -0.15) is 0 Å². The summed E-state index contributed by atoms with van der Waals surface area (Å²) in [6.07, 6.45) is 8.47. The maximum atomic E-state index is 15.1. The minimum atomic E-state index is -1.08. The minimum absolute atomic E-state index is 0.178. The van der Waals surface area contributed by atoms with E-state index in [1.807, 2.05) is 18.3 Å². The highest BCUT2D eigenvalue weighted by molar-refractivity contribution is 6.33. The molecule has 2 saturated heterocycles. The van der Waals surface area contributed by atoms with E-state index in [-0.39, 0.29) is 6.04 Å². The third-order valence-electron chi connectivity index (χ3n) is 6.30. The van der Waals surface area contributed by atoms with Crippen molar-refractivity contribution in [2.24, 2.45) is 0 Å². The predicted octanol–water partition coefficient (Wildman–Crippen LogP) is 3.64. The van der Waals surface area contributed by atoms with Crippen molar-refractivity contribution in [3.8, 4) is 11.3 Å². The number of aromatic amines is 1. The first kappa shape index (κ1) is 20.6. The van der Waals surface area contributed by atoms with Crippen LogP contribution in [0.25, 0.3) is 22.3 Å². The van der Waals surface area contributed by atoms with Crippen molar-refractivity contribution in [1.82, 2.24) is 30.2 Å². The molecule has 0 unspecified atom stereocenters. The minimum Gasteiger partial charge on any atom is -0.350 e. The number of fused-ring (bicyclic) bond motifs is 1. The standard InChI is InChI=1S/C22H27ClFN7/c23-18-12-28-21(30-19(18)17-11-27-20-16(17)4-1-7-26-20)29-15-3-2-10-31(13-15)14-22(24)5-8-25-9-6-22/h1,4,7,11-12,15,25H,2-3,5-6,8-10,13-14H2,(H,26,27)(H,28,29,30)/t15-/m1/s1. The number of alkyl halides is 1. The van der Waals surface area contributed by atoms with E-state index in [9.17, 15) is 0 Å². The molecule has 164 valence electrons. The number of nitrogens with zero attached hydrogens (tertiary/aromatic N) is 4. The Kier molecular flexibility index (Phi) is 5.77. The lowest BCUT2D eigenvalue weighted by Crippen LogP contribution is -2.51. The van der Waals surface area contributed by atoms with Gasteiger partial charge in [0, 0.05) is 42.5 Å². The lowest BCUT2D eigenvalue weighted by molar-refractivity contribution is 0.0515. The zero-order valence-corrected chi connectivity index (χ0v) is 18.1. The Balaban J connectivity index is 1.30. The summed E-state index contributed by atoms with van der Waals surface area (Å²) >= 11 is 6.44. The maximum absolute atomic E-state index is 15.1. The van der Waals surface area contributed by atoms with Gasteiger partial charge in [0.05, 0.1) is 16.9 Å². The number of hydrogen-bond donors (Lipinski definition) is 3. The molecular formula is C22H27ClFN7. The highest BCUT2D eigenvalue weighted by Crippen LogP contribution is 2.32. The topological polar surface area (TPSA) is 81.8 Å². The van der Waals surface area contributed by atoms with Crippen LogP contribution in [0.5, 0.6) is 0 Å². The summed E-state index contributed by atoms with van der Waals surface area (Å²) in [7, 11) is 0. The summed E-state index contributed by atoms with van der Waals surface area (Å²) < 4.78 is 15.1. The van der Waals surface area contributed by atoms with Crippen molar-refractivity contribution >= 4 is 28.6 Å². The SMILES string of the molecule is FC1(CN2CCC[C@@H](Nc3ncc(Cl)c(-c4c[nH]c5ncccc45)n3)C2)CCNCC1. The van der Waals surface area contributed by atoms with E-state index in [0.29, 0.717) is 36.1 Å². The molecule has 31 heavy (non-hydrogen) atoms. The lowest BCUT2D eigenvalue weighted by Gasteiger charge is -2.39. The molecular weight excluding hydrogens is 417 g/mol. The van der Waals surface area contributed by atoms with Crippen LogP contribution in [-0.4, -0.2) is 69.3 Å². The molecule has 0 spiro atoms. The van der Waals surface area contributed by atoms with Crippen LogP contribution in [0.15, 0.2) is 30.7 Å². The third kappa shape index (κ3) is 4.51. The molecule has 5 heterocycles. The number of nitrogens with one attached hydrogen (secondary N) is 3. The maximum Gasteiger partial charge on any atom is 0.223 e. The zero-order chi connectivity index (χ0) is 21.3. The predicted molar refractivity (Wildman–Crippen MR) is 121 cm³/mol. The summed E-state index contributed by atoms with van der Waals surface area (Å²) in [5, 5.41) is 8.16. The molecule has 2 aliphatic heterocycles. The smallest absolute Gasteiger partial charge is 0.223 e. The van der Waals surface area contributed by atoms with Gasteiger partial charge in [-0.25, -0.2) is 19.3 Å². The van der Waals surface area contributed by atoms with Crippen LogP contribution in [0.4, 0.5) is 10.3 Å². The first-order chi connectivity index (χ1) is 15.1. The van der Waals surface area contributed by atoms with E-state index in [2.05, 4.69) is 30.5 Å². The van der Waals surface area contributed by atoms with Crippen molar-refractivity contribution in [3.63, 3.8) is 0 Å². The fourth-order valence-electron chi connectivity index (χ4n) is 4.71. The van der Waals surface area contributed by atoms with E-state index in [1.165, 1.54) is 0 Å². The molecule has 0 radical (unpaired) electrons. The molecule has 1 atom stereocenters. The van der Waals surface area contributed by atoms with E-state index in [1.54, 1.807) is 12.4 Å². The van der Waals surface area contributed by atoms with Crippen molar-refractivity contribution in [1.29, 1.82) is 0 Å². The van der Waals surface area contributed by atoms with Crippen LogP contribution in [-0.2, 0) is 0 Å². The Hall–Kier alpha value is -2.29. The van der Waals surface area contributed by atoms with Crippen LogP contribution < -0.4 is 10.6 Å². The summed E-state index contributed by atoms with van der Waals surface area (Å²) in [6.45, 7) is 3.75. The number of aromatic nitrogens is 4. The van der Waals surface area contributed by atoms with Crippen molar-refractivity contribution < 1.29 is 4.39 Å². The first-order valence-electron chi connectivity index (χ1n) is 10.9. The number of piperidine rings is 2. The second kappa shape index (κ2) is 8.68. The average molecular weight is 444 g/mol. The van der Waals surface area contributed by atoms with Gasteiger partial charge in [0.1, 0.15) is 11.3 Å². The van der Waals surface area contributed by atoms with Crippen LogP contribution in [0.1, 0.15) is 25.7 Å². The molecule has 0 saturated carbocycles. The largest absolute Gasteiger partial charge is 0.350 e. The van der Waals surface area contributed by atoms with Gasteiger partial charge in [0.25, 0.3) is 0 Å². The molecule has 0 amide bonds. The third-order valence-corrected chi connectivity index (χ3v) is 6.57. The molecule has 9 heteroatoms. The molecule has 2 fully saturated rings. The van der Waals surface area contributed by atoms with Crippen LogP contribution in [0.2, 0.25) is 5.02 Å². The van der Waals surface area contributed by atoms with E-state index < -0.39 is 5.67 Å². The lowest BCUT2D eigenvalue weighted by atomic mass is 9.92. The van der Waals surface area contributed by atoms with E-state index in [0.717, 1.165) is 55.6 Å². The van der Waals surface area contributed by atoms with E-state index >= 15 is 4.39 Å². The number of likely N-dealkylation sites (tertiary alicyclic amines) is 1. The number of hydrogen-bond acceptors (Lipinski definition) is 6. The van der Waals surface area contributed by atoms with Crippen LogP contribution in [0.3, 0.4) is 0 Å². The second-order valence-electron chi connectivity index (χ2n) is 8.61. The fraction of sp³-hybridized carbons (Fsp3) is 0.500. The Morgan fingerprint density at radius 2 is 2.16 bits per heavy atom. The van der Waals surface area contributed by atoms with Gasteiger partial charge in [-0.1, -0.05) is 11.6 Å². The Labute approximate surface area is 185 Å². The number of pyridine rings is 1. The molecule has 3 N–H and O–H groups in total. The Bertz CT molecular complexity index is 1050. The fourth-order valence-corrected chi connectivity index (χ4v) is 4.90. The van der Waals surface area contributed by atoms with Gasteiger partial charge in [-0.15, -0.1) is 0 Å². The van der Waals surface area contributed by atoms with Gasteiger partial charge in [-0.05, 0) is 57.5 Å². The molecule has 3 aromatic rings. The highest BCUT2D eigenvalue weighted by atomic mass is 35.5. The highest BCUT2D eigenvalue weighted by Gasteiger charge is 2.35. The quantitative estimate of drug-likeness (QED) is 0.558. The molecule has 3 aromatic heterocycles. The van der Waals surface area contributed by atoms with Gasteiger partial charge in [0.2, 0.25) is 5.95 Å². The van der Waals surface area contributed by atoms with Gasteiger partial charge >= 0.3 is 0 Å². The number of rotatable bonds is 5. The average Bonchev–Trinajstić information content (AvgIpc) is 3.20. The summed E-state index contributed by atoms with van der Waals surface area (Å²) in [6, 6.07) is 4.06. The van der Waals surface area contributed by atoms with Crippen LogP contribution >= 0.6 is 11.6 Å². The Morgan fingerprint density at radius 1 is 1.29 bits per heavy atom. The summed E-state index contributed by atoms with van der Waals surface area (Å²) in [5.74, 6) is 0.543. The summed E-state index contributed by atoms with van der Waals surface area (Å²) in [4.78, 5) is 18.9. The van der Waals surface area contributed by atoms with Crippen LogP contribution in [0, 0.1) is 0 Å². The molecule has 5 rings (SSSR count). The van der Waals surface area contributed by atoms with Crippen molar-refractivity contribution in [3.05, 3.63) is 35.7 Å². The molecule has 0 bridgehead atoms. The normalized spacial score (nSPS) is 21.9. The second-order valence-corrected chi connectivity index (χ2v) is 9.02. The number of anilines is 1. The van der Waals surface area contributed by atoms with Crippen molar-refractivity contribution in [2.45, 2.75) is 37.4 Å². The van der Waals surface area contributed by atoms with E-state index in [4.69, 9.17) is 16.6 Å². The summed E-state index contributed by atoms with van der Waals surface area (Å²) in [5.41, 5.74) is 1.28. The monoisotopic (exact) mass is 443 g/mol. The molecule has 2 aliphatic rings. The van der Waals surface area contributed by atoms with Gasteiger partial charge in [-0.3, -0.25) is 4.90 Å². The van der Waals surface area contributed by atoms with Gasteiger partial charge in [0.15, 0.2) is 0 Å². The first-order valence-corrected chi connectivity index (χ1v) is 11.3. The van der Waals surface area contributed by atoms with Gasteiger partial charge < -0.3 is 15.6 Å². The number of H-pyrrole nitrogens is 1. The zero-order valence-electron chi connectivity index (χ0n) is 17.4. The molecule has 0 aromatic carbocycles.